The van der Waals surface area contributed by atoms with Crippen molar-refractivity contribution < 1.29 is 9.53 Å². The third kappa shape index (κ3) is 4.97. The van der Waals surface area contributed by atoms with Crippen molar-refractivity contribution in [1.82, 2.24) is 10.2 Å². The topological polar surface area (TPSA) is 41.6 Å². The second kappa shape index (κ2) is 6.95. The number of carbonyl (C=O) groups excluding carboxylic acids is 1. The van der Waals surface area contributed by atoms with Crippen molar-refractivity contribution in [2.24, 2.45) is 5.41 Å². The van der Waals surface area contributed by atoms with Crippen LogP contribution in [0, 0.1) is 5.41 Å². The first-order chi connectivity index (χ1) is 8.81. The van der Waals surface area contributed by atoms with Gasteiger partial charge in [0.05, 0.1) is 6.61 Å². The molecule has 1 saturated heterocycles. The van der Waals surface area contributed by atoms with Crippen molar-refractivity contribution in [3.63, 3.8) is 0 Å². The standard InChI is InChI=1S/C14H28N2O2S/c1-6-18-12(17)14(15-7-8-16(4)5)9-13(2,3)10-19-11-14/h15H,6-11H2,1-5H3. The molecule has 5 heteroatoms. The van der Waals surface area contributed by atoms with Gasteiger partial charge in [0.25, 0.3) is 0 Å². The first kappa shape index (κ1) is 16.8. The van der Waals surface area contributed by atoms with E-state index in [1.54, 1.807) is 0 Å². The number of hydrogen-bond donors (Lipinski definition) is 1. The zero-order chi connectivity index (χ0) is 14.5. The Morgan fingerprint density at radius 3 is 2.58 bits per heavy atom. The maximum absolute atomic E-state index is 12.4. The van der Waals surface area contributed by atoms with Crippen LogP contribution in [0.3, 0.4) is 0 Å². The lowest BCUT2D eigenvalue weighted by molar-refractivity contribution is -0.151. The predicted octanol–water partition coefficient (Wildman–Crippen LogP) is 1.60. The SMILES string of the molecule is CCOC(=O)C1(NCCN(C)C)CSCC(C)(C)C1. The van der Waals surface area contributed by atoms with Crippen molar-refractivity contribution in [2.45, 2.75) is 32.7 Å². The molecular weight excluding hydrogens is 260 g/mol. The highest BCUT2D eigenvalue weighted by Crippen LogP contribution is 2.39. The van der Waals surface area contributed by atoms with E-state index in [4.69, 9.17) is 4.74 Å². The van der Waals surface area contributed by atoms with Gasteiger partial charge >= 0.3 is 5.97 Å². The lowest BCUT2D eigenvalue weighted by atomic mass is 9.79. The number of rotatable bonds is 6. The van der Waals surface area contributed by atoms with Crippen molar-refractivity contribution in [3.05, 3.63) is 0 Å². The zero-order valence-electron chi connectivity index (χ0n) is 12.9. The number of nitrogens with zero attached hydrogens (tertiary/aromatic N) is 1. The molecule has 4 nitrogen and oxygen atoms in total. The maximum Gasteiger partial charge on any atom is 0.327 e. The van der Waals surface area contributed by atoms with Gasteiger partial charge in [-0.25, -0.2) is 0 Å². The van der Waals surface area contributed by atoms with Crippen LogP contribution in [-0.2, 0) is 9.53 Å². The normalized spacial score (nSPS) is 26.4. The van der Waals surface area contributed by atoms with Crippen LogP contribution in [0.4, 0.5) is 0 Å². The van der Waals surface area contributed by atoms with E-state index < -0.39 is 5.54 Å². The number of thioether (sulfide) groups is 1. The molecule has 0 radical (unpaired) electrons. The summed E-state index contributed by atoms with van der Waals surface area (Å²) in [4.78, 5) is 14.5. The van der Waals surface area contributed by atoms with Crippen molar-refractivity contribution in [1.29, 1.82) is 0 Å². The summed E-state index contributed by atoms with van der Waals surface area (Å²) in [6.45, 7) is 8.49. The van der Waals surface area contributed by atoms with Crippen LogP contribution < -0.4 is 5.32 Å². The number of likely N-dealkylation sites (N-methyl/N-ethyl adjacent to an activating group) is 1. The molecule has 1 fully saturated rings. The summed E-state index contributed by atoms with van der Waals surface area (Å²) in [5, 5.41) is 3.47. The molecule has 1 unspecified atom stereocenters. The van der Waals surface area contributed by atoms with Crippen LogP contribution in [0.1, 0.15) is 27.2 Å². The highest BCUT2D eigenvalue weighted by molar-refractivity contribution is 7.99. The fourth-order valence-corrected chi connectivity index (χ4v) is 3.95. The molecule has 1 heterocycles. The average molecular weight is 288 g/mol. The first-order valence-corrected chi connectivity index (χ1v) is 8.11. The summed E-state index contributed by atoms with van der Waals surface area (Å²) >= 11 is 1.84. The summed E-state index contributed by atoms with van der Waals surface area (Å²) in [5.41, 5.74) is -0.348. The lowest BCUT2D eigenvalue weighted by Gasteiger charge is -2.43. The Kier molecular flexibility index (Phi) is 6.15. The Morgan fingerprint density at radius 2 is 2.05 bits per heavy atom. The Balaban J connectivity index is 2.75. The molecule has 0 amide bonds. The molecule has 0 aliphatic carbocycles. The molecule has 19 heavy (non-hydrogen) atoms. The van der Waals surface area contributed by atoms with Crippen molar-refractivity contribution >= 4 is 17.7 Å². The van der Waals surface area contributed by atoms with Crippen LogP contribution in [0.15, 0.2) is 0 Å². The predicted molar refractivity (Wildman–Crippen MR) is 81.6 cm³/mol. The van der Waals surface area contributed by atoms with Crippen molar-refractivity contribution in [2.75, 3.05) is 45.3 Å². The Hall–Kier alpha value is -0.260. The van der Waals surface area contributed by atoms with E-state index in [0.717, 1.165) is 31.0 Å². The highest BCUT2D eigenvalue weighted by atomic mass is 32.2. The number of hydrogen-bond acceptors (Lipinski definition) is 5. The quantitative estimate of drug-likeness (QED) is 0.752. The molecule has 1 aliphatic heterocycles. The van der Waals surface area contributed by atoms with Gasteiger partial charge in [0, 0.05) is 18.8 Å². The van der Waals surface area contributed by atoms with E-state index in [1.807, 2.05) is 32.8 Å². The molecule has 0 saturated carbocycles. The number of esters is 1. The molecule has 0 aromatic carbocycles. The monoisotopic (exact) mass is 288 g/mol. The van der Waals surface area contributed by atoms with Crippen LogP contribution >= 0.6 is 11.8 Å². The molecule has 0 aromatic heterocycles. The van der Waals surface area contributed by atoms with E-state index in [9.17, 15) is 4.79 Å². The highest BCUT2D eigenvalue weighted by Gasteiger charge is 2.46. The molecule has 0 bridgehead atoms. The molecular formula is C14H28N2O2S. The van der Waals surface area contributed by atoms with E-state index in [2.05, 4.69) is 24.1 Å². The lowest BCUT2D eigenvalue weighted by Crippen LogP contribution is -2.60. The van der Waals surface area contributed by atoms with Gasteiger partial charge in [-0.3, -0.25) is 10.1 Å². The number of nitrogens with one attached hydrogen (secondary N) is 1. The molecule has 1 N–H and O–H groups in total. The molecule has 1 atom stereocenters. The summed E-state index contributed by atoms with van der Waals surface area (Å²) in [5.74, 6) is 1.82. The van der Waals surface area contributed by atoms with E-state index in [0.29, 0.717) is 6.61 Å². The molecule has 1 rings (SSSR count). The molecule has 0 aromatic rings. The largest absolute Gasteiger partial charge is 0.465 e. The molecule has 112 valence electrons. The van der Waals surface area contributed by atoms with Crippen LogP contribution in [0.25, 0.3) is 0 Å². The first-order valence-electron chi connectivity index (χ1n) is 6.96. The van der Waals surface area contributed by atoms with E-state index >= 15 is 0 Å². The van der Waals surface area contributed by atoms with Gasteiger partial charge in [-0.2, -0.15) is 11.8 Å². The minimum Gasteiger partial charge on any atom is -0.465 e. The van der Waals surface area contributed by atoms with E-state index in [1.165, 1.54) is 0 Å². The summed E-state index contributed by atoms with van der Waals surface area (Å²) in [6.07, 6.45) is 0.846. The average Bonchev–Trinajstić information content (AvgIpc) is 2.27. The van der Waals surface area contributed by atoms with E-state index in [-0.39, 0.29) is 11.4 Å². The fraction of sp³-hybridized carbons (Fsp3) is 0.929. The van der Waals surface area contributed by atoms with Crippen LogP contribution in [0.5, 0.6) is 0 Å². The van der Waals surface area contributed by atoms with Gasteiger partial charge in [-0.05, 0) is 38.6 Å². The number of carbonyl (C=O) groups is 1. The molecule has 0 spiro atoms. The Morgan fingerprint density at radius 1 is 1.37 bits per heavy atom. The molecule has 1 aliphatic rings. The third-order valence-electron chi connectivity index (χ3n) is 3.31. The second-order valence-electron chi connectivity index (χ2n) is 6.37. The van der Waals surface area contributed by atoms with Gasteiger partial charge in [0.2, 0.25) is 0 Å². The maximum atomic E-state index is 12.4. The van der Waals surface area contributed by atoms with Gasteiger partial charge in [-0.1, -0.05) is 13.8 Å². The van der Waals surface area contributed by atoms with Crippen molar-refractivity contribution in [3.8, 4) is 0 Å². The van der Waals surface area contributed by atoms with Gasteiger partial charge < -0.3 is 9.64 Å². The number of ether oxygens (including phenoxy) is 1. The fourth-order valence-electron chi connectivity index (χ4n) is 2.53. The smallest absolute Gasteiger partial charge is 0.327 e. The summed E-state index contributed by atoms with van der Waals surface area (Å²) in [6, 6.07) is 0. The minimum atomic E-state index is -0.515. The third-order valence-corrected chi connectivity index (χ3v) is 4.99. The van der Waals surface area contributed by atoms with Gasteiger partial charge in [-0.15, -0.1) is 0 Å². The Labute approximate surface area is 121 Å². The van der Waals surface area contributed by atoms with Gasteiger partial charge in [0.15, 0.2) is 0 Å². The minimum absolute atomic E-state index is 0.0889. The van der Waals surface area contributed by atoms with Gasteiger partial charge in [0.1, 0.15) is 5.54 Å². The Bertz CT molecular complexity index is 308. The second-order valence-corrected chi connectivity index (χ2v) is 7.35. The summed E-state index contributed by atoms with van der Waals surface area (Å²) < 4.78 is 5.31. The van der Waals surface area contributed by atoms with Crippen LogP contribution in [0.2, 0.25) is 0 Å². The van der Waals surface area contributed by atoms with Crippen LogP contribution in [-0.4, -0.2) is 61.7 Å². The zero-order valence-corrected chi connectivity index (χ0v) is 13.7. The summed E-state index contributed by atoms with van der Waals surface area (Å²) in [7, 11) is 4.08.